The first kappa shape index (κ1) is 24.0. The number of benzene rings is 2. The molecule has 0 aliphatic rings. The molecule has 2 aromatic rings. The summed E-state index contributed by atoms with van der Waals surface area (Å²) in [6.45, 7) is 8.72. The van der Waals surface area contributed by atoms with Gasteiger partial charge in [-0.15, -0.1) is 0 Å². The first-order valence-corrected chi connectivity index (χ1v) is 9.91. The molecule has 2 aromatic carbocycles. The second-order valence-corrected chi connectivity index (χ2v) is 7.83. The molecule has 3 amide bonds. The number of hydrogen-bond acceptors (Lipinski definition) is 3. The van der Waals surface area contributed by atoms with Crippen molar-refractivity contribution in [2.45, 2.75) is 40.7 Å². The first-order valence-electron chi connectivity index (χ1n) is 9.91. The van der Waals surface area contributed by atoms with Gasteiger partial charge in [0.25, 0.3) is 5.91 Å². The predicted octanol–water partition coefficient (Wildman–Crippen LogP) is 3.40. The highest BCUT2D eigenvalue weighted by atomic mass is 19.1. The van der Waals surface area contributed by atoms with E-state index in [1.54, 1.807) is 13.8 Å². The summed E-state index contributed by atoms with van der Waals surface area (Å²) in [6, 6.07) is 5.86. The second-order valence-electron chi connectivity index (χ2n) is 7.83. The zero-order valence-electron chi connectivity index (χ0n) is 18.2. The lowest BCUT2D eigenvalue weighted by molar-refractivity contribution is -0.126. The first-order chi connectivity index (χ1) is 14.5. The molecule has 0 saturated heterocycles. The summed E-state index contributed by atoms with van der Waals surface area (Å²) in [5, 5.41) is 7.59. The third-order valence-electron chi connectivity index (χ3n) is 4.79. The number of carbonyl (C=O) groups is 3. The lowest BCUT2D eigenvalue weighted by atomic mass is 10.0. The number of aryl methyl sites for hydroxylation is 3. The molecule has 0 radical (unpaired) electrons. The van der Waals surface area contributed by atoms with Gasteiger partial charge in [0, 0.05) is 5.69 Å². The maximum Gasteiger partial charge on any atom is 0.257 e. The van der Waals surface area contributed by atoms with Gasteiger partial charge in [0.15, 0.2) is 0 Å². The Morgan fingerprint density at radius 3 is 2.03 bits per heavy atom. The Kier molecular flexibility index (Phi) is 7.85. The number of halogens is 2. The summed E-state index contributed by atoms with van der Waals surface area (Å²) in [5.41, 5.74) is 2.79. The summed E-state index contributed by atoms with van der Waals surface area (Å²) in [6.07, 6.45) is 0. The highest BCUT2D eigenvalue weighted by Crippen LogP contribution is 2.21. The largest absolute Gasteiger partial charge is 0.345 e. The van der Waals surface area contributed by atoms with E-state index in [0.29, 0.717) is 5.69 Å². The maximum absolute atomic E-state index is 13.9. The molecule has 6 nitrogen and oxygen atoms in total. The van der Waals surface area contributed by atoms with Crippen LogP contribution in [0.15, 0.2) is 30.3 Å². The van der Waals surface area contributed by atoms with E-state index in [1.165, 1.54) is 0 Å². The number of carbonyl (C=O) groups excluding carboxylic acids is 3. The van der Waals surface area contributed by atoms with Crippen molar-refractivity contribution < 1.29 is 23.2 Å². The molecular formula is C23H27F2N3O3. The lowest BCUT2D eigenvalue weighted by Gasteiger charge is -2.22. The standard InChI is InChI=1S/C23H27F2N3O3/c1-12(2)20(28-22(30)19-16(24)7-6-8-17(19)25)23(31)26-11-18(29)27-21-14(4)9-13(3)10-15(21)5/h6-10,12,20H,11H2,1-5H3,(H,26,31)(H,27,29)(H,28,30). The number of rotatable bonds is 7. The molecule has 0 aliphatic carbocycles. The molecule has 2 rings (SSSR count). The van der Waals surface area contributed by atoms with Crippen LogP contribution in [0.5, 0.6) is 0 Å². The molecule has 0 bridgehead atoms. The fourth-order valence-electron chi connectivity index (χ4n) is 3.30. The molecule has 0 saturated carbocycles. The molecule has 8 heteroatoms. The van der Waals surface area contributed by atoms with Crippen LogP contribution in [-0.4, -0.2) is 30.3 Å². The van der Waals surface area contributed by atoms with Gasteiger partial charge in [-0.05, 0) is 49.9 Å². The molecular weight excluding hydrogens is 404 g/mol. The minimum absolute atomic E-state index is 0.321. The van der Waals surface area contributed by atoms with Crippen molar-refractivity contribution in [3.05, 3.63) is 64.2 Å². The van der Waals surface area contributed by atoms with Gasteiger partial charge in [-0.25, -0.2) is 8.78 Å². The van der Waals surface area contributed by atoms with Crippen LogP contribution in [0.3, 0.4) is 0 Å². The average molecular weight is 431 g/mol. The summed E-state index contributed by atoms with van der Waals surface area (Å²) in [4.78, 5) is 37.2. The Balaban J connectivity index is 2.03. The van der Waals surface area contributed by atoms with Gasteiger partial charge >= 0.3 is 0 Å². The molecule has 31 heavy (non-hydrogen) atoms. The number of hydrogen-bond donors (Lipinski definition) is 3. The van der Waals surface area contributed by atoms with E-state index in [4.69, 9.17) is 0 Å². The molecule has 166 valence electrons. The molecule has 0 aromatic heterocycles. The van der Waals surface area contributed by atoms with Crippen LogP contribution in [0.4, 0.5) is 14.5 Å². The molecule has 3 N–H and O–H groups in total. The van der Waals surface area contributed by atoms with Crippen molar-refractivity contribution in [3.8, 4) is 0 Å². The fraction of sp³-hybridized carbons (Fsp3) is 0.348. The second kappa shape index (κ2) is 10.1. The van der Waals surface area contributed by atoms with Crippen LogP contribution in [0.2, 0.25) is 0 Å². The minimum Gasteiger partial charge on any atom is -0.345 e. The quantitative estimate of drug-likeness (QED) is 0.628. The van der Waals surface area contributed by atoms with E-state index in [0.717, 1.165) is 34.9 Å². The van der Waals surface area contributed by atoms with Crippen molar-refractivity contribution in [1.29, 1.82) is 0 Å². The highest BCUT2D eigenvalue weighted by Gasteiger charge is 2.27. The van der Waals surface area contributed by atoms with Crippen molar-refractivity contribution in [3.63, 3.8) is 0 Å². The number of anilines is 1. The van der Waals surface area contributed by atoms with E-state index in [9.17, 15) is 23.2 Å². The van der Waals surface area contributed by atoms with Crippen LogP contribution >= 0.6 is 0 Å². The van der Waals surface area contributed by atoms with Crippen LogP contribution in [0.1, 0.15) is 40.9 Å². The lowest BCUT2D eigenvalue weighted by Crippen LogP contribution is -2.51. The zero-order chi connectivity index (χ0) is 23.3. The SMILES string of the molecule is Cc1cc(C)c(NC(=O)CNC(=O)C(NC(=O)c2c(F)cccc2F)C(C)C)c(C)c1. The van der Waals surface area contributed by atoms with Crippen LogP contribution in [0, 0.1) is 38.3 Å². The molecule has 1 unspecified atom stereocenters. The van der Waals surface area contributed by atoms with E-state index in [1.807, 2.05) is 32.9 Å². The fourth-order valence-corrected chi connectivity index (χ4v) is 3.30. The summed E-state index contributed by atoms with van der Waals surface area (Å²) in [5.74, 6) is -4.54. The third kappa shape index (κ3) is 6.10. The van der Waals surface area contributed by atoms with Crippen molar-refractivity contribution >= 4 is 23.4 Å². The Morgan fingerprint density at radius 2 is 1.52 bits per heavy atom. The highest BCUT2D eigenvalue weighted by molar-refractivity contribution is 5.99. The monoisotopic (exact) mass is 431 g/mol. The zero-order valence-corrected chi connectivity index (χ0v) is 18.2. The number of amides is 3. The van der Waals surface area contributed by atoms with Gasteiger partial charge < -0.3 is 16.0 Å². The molecule has 0 heterocycles. The van der Waals surface area contributed by atoms with Gasteiger partial charge in [0.05, 0.1) is 6.54 Å². The Morgan fingerprint density at radius 1 is 0.968 bits per heavy atom. The van der Waals surface area contributed by atoms with Gasteiger partial charge in [-0.2, -0.15) is 0 Å². The minimum atomic E-state index is -1.08. The van der Waals surface area contributed by atoms with Gasteiger partial charge in [0.1, 0.15) is 23.2 Å². The molecule has 0 fully saturated rings. The van der Waals surface area contributed by atoms with E-state index in [2.05, 4.69) is 16.0 Å². The summed E-state index contributed by atoms with van der Waals surface area (Å²) < 4.78 is 27.7. The third-order valence-corrected chi connectivity index (χ3v) is 4.79. The Hall–Kier alpha value is -3.29. The van der Waals surface area contributed by atoms with Crippen molar-refractivity contribution in [2.24, 2.45) is 5.92 Å². The van der Waals surface area contributed by atoms with Gasteiger partial charge in [0.2, 0.25) is 11.8 Å². The van der Waals surface area contributed by atoms with E-state index >= 15 is 0 Å². The van der Waals surface area contributed by atoms with Crippen LogP contribution in [0.25, 0.3) is 0 Å². The maximum atomic E-state index is 13.9. The summed E-state index contributed by atoms with van der Waals surface area (Å²) >= 11 is 0. The Bertz CT molecular complexity index is 962. The van der Waals surface area contributed by atoms with Crippen molar-refractivity contribution in [2.75, 3.05) is 11.9 Å². The van der Waals surface area contributed by atoms with Gasteiger partial charge in [-0.1, -0.05) is 37.6 Å². The Labute approximate surface area is 180 Å². The molecule has 0 spiro atoms. The van der Waals surface area contributed by atoms with Crippen molar-refractivity contribution in [1.82, 2.24) is 10.6 Å². The topological polar surface area (TPSA) is 87.3 Å². The predicted molar refractivity (Wildman–Crippen MR) is 115 cm³/mol. The van der Waals surface area contributed by atoms with Crippen LogP contribution in [-0.2, 0) is 9.59 Å². The van der Waals surface area contributed by atoms with Gasteiger partial charge in [-0.3, -0.25) is 14.4 Å². The smallest absolute Gasteiger partial charge is 0.257 e. The van der Waals surface area contributed by atoms with E-state index < -0.39 is 41.0 Å². The number of nitrogens with one attached hydrogen (secondary N) is 3. The normalized spacial score (nSPS) is 11.7. The van der Waals surface area contributed by atoms with E-state index in [-0.39, 0.29) is 12.5 Å². The summed E-state index contributed by atoms with van der Waals surface area (Å²) in [7, 11) is 0. The molecule has 1 atom stereocenters. The van der Waals surface area contributed by atoms with Crippen LogP contribution < -0.4 is 16.0 Å². The average Bonchev–Trinajstić information content (AvgIpc) is 2.66. The molecule has 0 aliphatic heterocycles.